The first-order valence-electron chi connectivity index (χ1n) is 10.6. The normalized spacial score (nSPS) is 11.1. The molecule has 0 atom stereocenters. The molecule has 7 heteroatoms. The Bertz CT molecular complexity index is 1570. The van der Waals surface area contributed by atoms with Crippen molar-refractivity contribution in [2.75, 3.05) is 11.9 Å². The maximum atomic E-state index is 13.1. The molecule has 0 aliphatic heterocycles. The predicted molar refractivity (Wildman–Crippen MR) is 127 cm³/mol. The van der Waals surface area contributed by atoms with E-state index >= 15 is 0 Å². The molecule has 0 radical (unpaired) electrons. The first-order valence-corrected chi connectivity index (χ1v) is 10.6. The van der Waals surface area contributed by atoms with Gasteiger partial charge in [0.2, 0.25) is 0 Å². The molecule has 0 bridgehead atoms. The number of nitrogens with zero attached hydrogens (tertiary/aromatic N) is 2. The Balaban J connectivity index is 1.52. The van der Waals surface area contributed by atoms with Gasteiger partial charge in [-0.3, -0.25) is 4.79 Å². The predicted octanol–water partition coefficient (Wildman–Crippen LogP) is 5.07. The average Bonchev–Trinajstić information content (AvgIpc) is 3.25. The van der Waals surface area contributed by atoms with Gasteiger partial charge in [0.1, 0.15) is 11.2 Å². The van der Waals surface area contributed by atoms with E-state index in [1.54, 1.807) is 24.3 Å². The van der Waals surface area contributed by atoms with Gasteiger partial charge in [0, 0.05) is 23.3 Å². The van der Waals surface area contributed by atoms with Crippen molar-refractivity contribution < 1.29 is 13.9 Å². The number of fused-ring (bicyclic) bond motifs is 2. The smallest absolute Gasteiger partial charge is 0.349 e. The summed E-state index contributed by atoms with van der Waals surface area (Å²) in [6, 6.07) is 18.1. The maximum absolute atomic E-state index is 13.1. The monoisotopic (exact) mass is 439 g/mol. The van der Waals surface area contributed by atoms with Crippen LogP contribution in [0.3, 0.4) is 0 Å². The second-order valence-corrected chi connectivity index (χ2v) is 7.60. The van der Waals surface area contributed by atoms with Crippen LogP contribution in [-0.2, 0) is 0 Å². The van der Waals surface area contributed by atoms with Crippen molar-refractivity contribution in [1.82, 2.24) is 9.38 Å². The Kier molecular flexibility index (Phi) is 5.14. The van der Waals surface area contributed by atoms with Gasteiger partial charge in [0.15, 0.2) is 11.3 Å². The lowest BCUT2D eigenvalue weighted by Crippen LogP contribution is -2.21. The molecule has 0 aliphatic rings. The fourth-order valence-electron chi connectivity index (χ4n) is 3.83. The highest BCUT2D eigenvalue weighted by atomic mass is 16.5. The van der Waals surface area contributed by atoms with Crippen LogP contribution in [0.4, 0.5) is 5.69 Å². The number of benzene rings is 2. The zero-order valence-electron chi connectivity index (χ0n) is 18.2. The lowest BCUT2D eigenvalue weighted by Gasteiger charge is -2.10. The number of carbonyl (C=O) groups is 1. The van der Waals surface area contributed by atoms with Gasteiger partial charge in [-0.25, -0.2) is 9.78 Å². The maximum Gasteiger partial charge on any atom is 0.349 e. The third-order valence-electron chi connectivity index (χ3n) is 5.40. The van der Waals surface area contributed by atoms with Crippen LogP contribution in [0.2, 0.25) is 0 Å². The summed E-state index contributed by atoms with van der Waals surface area (Å²) >= 11 is 0. The number of hydrogen-bond acceptors (Lipinski definition) is 5. The Morgan fingerprint density at radius 1 is 1.12 bits per heavy atom. The fourth-order valence-corrected chi connectivity index (χ4v) is 3.83. The minimum absolute atomic E-state index is 0.0863. The van der Waals surface area contributed by atoms with Gasteiger partial charge < -0.3 is 18.9 Å². The molecule has 2 aromatic carbocycles. The summed E-state index contributed by atoms with van der Waals surface area (Å²) in [6.45, 7) is 4.28. The summed E-state index contributed by atoms with van der Waals surface area (Å²) < 4.78 is 12.9. The Labute approximate surface area is 189 Å². The quantitative estimate of drug-likeness (QED) is 0.387. The van der Waals surface area contributed by atoms with Crippen molar-refractivity contribution in [3.05, 3.63) is 94.6 Å². The topological polar surface area (TPSA) is 85.8 Å². The number of aromatic nitrogens is 2. The molecule has 0 fully saturated rings. The minimum atomic E-state index is -0.729. The molecular weight excluding hydrogens is 418 g/mol. The molecule has 0 spiro atoms. The standard InChI is InChI=1S/C26H21N3O4/c1-3-32-22-12-6-9-17-14-19(26(31)33-23(17)22)25(30)28-20-11-5-4-10-18(20)21-15-29-13-7-8-16(2)24(29)27-21/h4-15H,3H2,1-2H3,(H,28,30). The van der Waals surface area contributed by atoms with E-state index in [0.717, 1.165) is 16.8 Å². The van der Waals surface area contributed by atoms with Crippen LogP contribution in [0, 0.1) is 6.92 Å². The molecule has 3 aromatic heterocycles. The van der Waals surface area contributed by atoms with Crippen LogP contribution in [0.5, 0.6) is 5.75 Å². The molecule has 7 nitrogen and oxygen atoms in total. The van der Waals surface area contributed by atoms with Crippen molar-refractivity contribution in [3.8, 4) is 17.0 Å². The first-order chi connectivity index (χ1) is 16.0. The third kappa shape index (κ3) is 3.74. The van der Waals surface area contributed by atoms with E-state index in [1.165, 1.54) is 6.07 Å². The first kappa shape index (κ1) is 20.5. The molecular formula is C26H21N3O4. The van der Waals surface area contributed by atoms with E-state index in [9.17, 15) is 9.59 Å². The second kappa shape index (κ2) is 8.27. The summed E-state index contributed by atoms with van der Waals surface area (Å²) in [5.74, 6) is -0.0913. The number of amides is 1. The third-order valence-corrected chi connectivity index (χ3v) is 5.40. The Morgan fingerprint density at radius 3 is 2.79 bits per heavy atom. The van der Waals surface area contributed by atoms with E-state index in [-0.39, 0.29) is 5.56 Å². The molecule has 5 rings (SSSR count). The number of nitrogens with one attached hydrogen (secondary N) is 1. The summed E-state index contributed by atoms with van der Waals surface area (Å²) in [5.41, 5.74) is 3.40. The molecule has 0 saturated heterocycles. The van der Waals surface area contributed by atoms with E-state index in [1.807, 2.05) is 61.0 Å². The molecule has 0 saturated carbocycles. The molecule has 33 heavy (non-hydrogen) atoms. The SMILES string of the molecule is CCOc1cccc2cc(C(=O)Nc3ccccc3-c3cn4cccc(C)c4n3)c(=O)oc12. The highest BCUT2D eigenvalue weighted by Crippen LogP contribution is 2.29. The zero-order chi connectivity index (χ0) is 22.9. The number of para-hydroxylation sites is 2. The number of hydrogen-bond donors (Lipinski definition) is 1. The van der Waals surface area contributed by atoms with Crippen LogP contribution in [0.15, 0.2) is 82.3 Å². The highest BCUT2D eigenvalue weighted by Gasteiger charge is 2.18. The van der Waals surface area contributed by atoms with Crippen molar-refractivity contribution >= 4 is 28.2 Å². The summed E-state index contributed by atoms with van der Waals surface area (Å²) in [6.07, 6.45) is 3.84. The van der Waals surface area contributed by atoms with Crippen molar-refractivity contribution in [2.45, 2.75) is 13.8 Å². The van der Waals surface area contributed by atoms with Crippen LogP contribution in [0.25, 0.3) is 27.9 Å². The summed E-state index contributed by atoms with van der Waals surface area (Å²) in [4.78, 5) is 30.4. The van der Waals surface area contributed by atoms with Gasteiger partial charge in [0.25, 0.3) is 5.91 Å². The van der Waals surface area contributed by atoms with Gasteiger partial charge in [-0.05, 0) is 43.7 Å². The molecule has 5 aromatic rings. The summed E-state index contributed by atoms with van der Waals surface area (Å²) in [5, 5.41) is 3.46. The van der Waals surface area contributed by atoms with Crippen LogP contribution < -0.4 is 15.7 Å². The molecule has 0 aliphatic carbocycles. The molecule has 1 N–H and O–H groups in total. The van der Waals surface area contributed by atoms with Crippen molar-refractivity contribution in [1.29, 1.82) is 0 Å². The number of pyridine rings is 1. The second-order valence-electron chi connectivity index (χ2n) is 7.60. The summed E-state index contributed by atoms with van der Waals surface area (Å²) in [7, 11) is 0. The van der Waals surface area contributed by atoms with Gasteiger partial charge in [-0.1, -0.05) is 36.4 Å². The Morgan fingerprint density at radius 2 is 1.97 bits per heavy atom. The van der Waals surface area contributed by atoms with Crippen LogP contribution in [-0.4, -0.2) is 21.9 Å². The van der Waals surface area contributed by atoms with E-state index in [0.29, 0.717) is 34.7 Å². The van der Waals surface area contributed by atoms with Crippen LogP contribution in [0.1, 0.15) is 22.8 Å². The van der Waals surface area contributed by atoms with Crippen molar-refractivity contribution in [2.24, 2.45) is 0 Å². The number of ether oxygens (including phenoxy) is 1. The zero-order valence-corrected chi connectivity index (χ0v) is 18.2. The van der Waals surface area contributed by atoms with E-state index in [4.69, 9.17) is 14.1 Å². The van der Waals surface area contributed by atoms with E-state index in [2.05, 4.69) is 5.32 Å². The largest absolute Gasteiger partial charge is 0.490 e. The number of rotatable bonds is 5. The molecule has 3 heterocycles. The van der Waals surface area contributed by atoms with E-state index < -0.39 is 11.5 Å². The number of anilines is 1. The molecule has 0 unspecified atom stereocenters. The van der Waals surface area contributed by atoms with Gasteiger partial charge in [0.05, 0.1) is 18.0 Å². The molecule has 1 amide bonds. The van der Waals surface area contributed by atoms with Gasteiger partial charge >= 0.3 is 5.63 Å². The number of carbonyl (C=O) groups excluding carboxylic acids is 1. The lowest BCUT2D eigenvalue weighted by molar-refractivity contribution is 0.102. The number of aryl methyl sites for hydroxylation is 1. The highest BCUT2D eigenvalue weighted by molar-refractivity contribution is 6.07. The lowest BCUT2D eigenvalue weighted by atomic mass is 10.1. The van der Waals surface area contributed by atoms with Crippen LogP contribution >= 0.6 is 0 Å². The minimum Gasteiger partial charge on any atom is -0.490 e. The van der Waals surface area contributed by atoms with Gasteiger partial charge in [-0.15, -0.1) is 0 Å². The van der Waals surface area contributed by atoms with Gasteiger partial charge in [-0.2, -0.15) is 0 Å². The fraction of sp³-hybridized carbons (Fsp3) is 0.115. The Hall–Kier alpha value is -4.39. The number of imidazole rings is 1. The average molecular weight is 439 g/mol. The molecule has 164 valence electrons. The van der Waals surface area contributed by atoms with Crippen molar-refractivity contribution in [3.63, 3.8) is 0 Å².